The molecule has 0 atom stereocenters. The fraction of sp³-hybridized carbons (Fsp3) is 0.421. The molecule has 4 rings (SSSR count). The Balaban J connectivity index is 1.34. The van der Waals surface area contributed by atoms with Crippen LogP contribution in [0.2, 0.25) is 0 Å². The summed E-state index contributed by atoms with van der Waals surface area (Å²) < 4.78 is 30.3. The fourth-order valence-electron chi connectivity index (χ4n) is 3.20. The van der Waals surface area contributed by atoms with Crippen LogP contribution in [0.5, 0.6) is 5.75 Å². The minimum atomic E-state index is -0.444. The van der Waals surface area contributed by atoms with Crippen molar-refractivity contribution in [2.45, 2.75) is 32.4 Å². The zero-order valence-electron chi connectivity index (χ0n) is 16.7. The summed E-state index contributed by atoms with van der Waals surface area (Å²) in [6.45, 7) is 3.28. The average Bonchev–Trinajstić information content (AvgIpc) is 3.41. The number of carbonyl (C=O) groups excluding carboxylic acids is 1. The fourth-order valence-corrected chi connectivity index (χ4v) is 3.54. The molecule has 12 heteroatoms. The van der Waals surface area contributed by atoms with Crippen LogP contribution >= 0.6 is 15.9 Å². The second-order valence-corrected chi connectivity index (χ2v) is 7.73. The molecule has 10 nitrogen and oxygen atoms in total. The van der Waals surface area contributed by atoms with Crippen molar-refractivity contribution in [2.75, 3.05) is 24.6 Å². The third-order valence-corrected chi connectivity index (χ3v) is 5.35. The summed E-state index contributed by atoms with van der Waals surface area (Å²) in [6, 6.07) is 6.12. The number of halogens is 2. The Morgan fingerprint density at radius 1 is 1.32 bits per heavy atom. The monoisotopic (exact) mass is 494 g/mol. The van der Waals surface area contributed by atoms with Crippen LogP contribution < -0.4 is 9.64 Å². The molecule has 0 bridgehead atoms. The lowest BCUT2D eigenvalue weighted by Gasteiger charge is -2.32. The van der Waals surface area contributed by atoms with Crippen molar-refractivity contribution in [3.8, 4) is 17.3 Å². The highest BCUT2D eigenvalue weighted by molar-refractivity contribution is 9.10. The minimum absolute atomic E-state index is 0.0230. The Morgan fingerprint density at radius 2 is 2.13 bits per heavy atom. The smallest absolute Gasteiger partial charge is 0.329 e. The molecule has 3 heterocycles. The van der Waals surface area contributed by atoms with Crippen LogP contribution in [0, 0.1) is 5.82 Å². The summed E-state index contributed by atoms with van der Waals surface area (Å²) in [5.74, 6) is 0.962. The van der Waals surface area contributed by atoms with Crippen LogP contribution in [-0.2, 0) is 16.1 Å². The van der Waals surface area contributed by atoms with Gasteiger partial charge in [-0.25, -0.2) is 9.18 Å². The molecule has 164 valence electrons. The van der Waals surface area contributed by atoms with E-state index in [-0.39, 0.29) is 30.9 Å². The summed E-state index contributed by atoms with van der Waals surface area (Å²) in [5, 5.41) is 15.9. The van der Waals surface area contributed by atoms with E-state index in [1.54, 1.807) is 19.1 Å². The van der Waals surface area contributed by atoms with Gasteiger partial charge in [0.2, 0.25) is 11.6 Å². The summed E-state index contributed by atoms with van der Waals surface area (Å²) in [6.07, 6.45) is 1.48. The van der Waals surface area contributed by atoms with Crippen LogP contribution in [0.15, 0.2) is 33.3 Å². The highest BCUT2D eigenvalue weighted by Gasteiger charge is 2.24. The van der Waals surface area contributed by atoms with Gasteiger partial charge in [0.25, 0.3) is 0 Å². The minimum Gasteiger partial charge on any atom is -0.489 e. The highest BCUT2D eigenvalue weighted by atomic mass is 79.9. The molecule has 1 aliphatic heterocycles. The first kappa shape index (κ1) is 21.2. The number of nitrogens with zero attached hydrogens (tertiary/aromatic N) is 6. The van der Waals surface area contributed by atoms with Crippen LogP contribution in [0.4, 0.5) is 10.2 Å². The van der Waals surface area contributed by atoms with Crippen molar-refractivity contribution in [1.82, 2.24) is 25.4 Å². The number of piperidine rings is 1. The quantitative estimate of drug-likeness (QED) is 0.457. The molecule has 0 radical (unpaired) electrons. The topological polar surface area (TPSA) is 108 Å². The summed E-state index contributed by atoms with van der Waals surface area (Å²) in [4.78, 5) is 14.7. The van der Waals surface area contributed by atoms with Gasteiger partial charge in [0.1, 0.15) is 17.7 Å². The summed E-state index contributed by atoms with van der Waals surface area (Å²) in [7, 11) is 0. The maximum Gasteiger partial charge on any atom is 0.329 e. The summed E-state index contributed by atoms with van der Waals surface area (Å²) in [5.41, 5.74) is 0. The Labute approximate surface area is 185 Å². The van der Waals surface area contributed by atoms with E-state index in [0.717, 1.165) is 22.1 Å². The number of anilines is 1. The zero-order valence-corrected chi connectivity index (χ0v) is 18.3. The largest absolute Gasteiger partial charge is 0.489 e. The van der Waals surface area contributed by atoms with Gasteiger partial charge in [0.05, 0.1) is 11.1 Å². The van der Waals surface area contributed by atoms with Crippen LogP contribution in [-0.4, -0.2) is 57.1 Å². The van der Waals surface area contributed by atoms with E-state index in [1.165, 1.54) is 12.1 Å². The number of esters is 1. The molecular weight excluding hydrogens is 475 g/mol. The molecule has 0 aliphatic carbocycles. The van der Waals surface area contributed by atoms with E-state index < -0.39 is 5.97 Å². The van der Waals surface area contributed by atoms with Crippen molar-refractivity contribution < 1.29 is 23.2 Å². The number of ether oxygens (including phenoxy) is 2. The van der Waals surface area contributed by atoms with Crippen LogP contribution in [0.25, 0.3) is 11.6 Å². The van der Waals surface area contributed by atoms with E-state index in [9.17, 15) is 9.18 Å². The average molecular weight is 495 g/mol. The normalized spacial score (nSPS) is 14.6. The summed E-state index contributed by atoms with van der Waals surface area (Å²) >= 11 is 3.38. The zero-order chi connectivity index (χ0) is 21.8. The van der Waals surface area contributed by atoms with Gasteiger partial charge in [-0.3, -0.25) is 0 Å². The lowest BCUT2D eigenvalue weighted by Crippen LogP contribution is -2.38. The number of aromatic nitrogens is 5. The molecular formula is C19H20BrFN6O4. The third kappa shape index (κ3) is 5.19. The Hall–Kier alpha value is -3.02. The van der Waals surface area contributed by atoms with Gasteiger partial charge in [0, 0.05) is 38.1 Å². The number of hydrogen-bond donors (Lipinski definition) is 0. The molecule has 0 unspecified atom stereocenters. The van der Waals surface area contributed by atoms with E-state index in [4.69, 9.17) is 14.0 Å². The molecule has 1 saturated heterocycles. The predicted octanol–water partition coefficient (Wildman–Crippen LogP) is 2.84. The second-order valence-electron chi connectivity index (χ2n) is 6.88. The van der Waals surface area contributed by atoms with Gasteiger partial charge < -0.3 is 18.9 Å². The van der Waals surface area contributed by atoms with Gasteiger partial charge in [-0.1, -0.05) is 5.16 Å². The number of rotatable bonds is 7. The predicted molar refractivity (Wildman–Crippen MR) is 110 cm³/mol. The van der Waals surface area contributed by atoms with Gasteiger partial charge in [-0.2, -0.15) is 4.80 Å². The van der Waals surface area contributed by atoms with Crippen molar-refractivity contribution >= 4 is 27.7 Å². The molecule has 2 aromatic heterocycles. The standard InChI is InChI=1S/C19H20BrFN6O4/c1-2-29-18(28)11-27-23-19(22-25-27)16-10-17(24-31-16)26-7-5-13(6-8-26)30-15-9-12(21)3-4-14(15)20/h3-4,9-10,13H,2,5-8,11H2,1H3. The van der Waals surface area contributed by atoms with E-state index in [2.05, 4.69) is 41.4 Å². The van der Waals surface area contributed by atoms with E-state index >= 15 is 0 Å². The molecule has 1 aromatic carbocycles. The third-order valence-electron chi connectivity index (χ3n) is 4.70. The van der Waals surface area contributed by atoms with Gasteiger partial charge >= 0.3 is 5.97 Å². The Bertz CT molecular complexity index is 1050. The first-order valence-corrected chi connectivity index (χ1v) is 10.6. The lowest BCUT2D eigenvalue weighted by atomic mass is 10.1. The second kappa shape index (κ2) is 9.41. The number of benzene rings is 1. The van der Waals surface area contributed by atoms with Crippen LogP contribution in [0.1, 0.15) is 19.8 Å². The number of carbonyl (C=O) groups is 1. The molecule has 1 fully saturated rings. The van der Waals surface area contributed by atoms with Crippen molar-refractivity contribution in [2.24, 2.45) is 0 Å². The number of tetrazole rings is 1. The number of hydrogen-bond acceptors (Lipinski definition) is 9. The molecule has 1 aliphatic rings. The Morgan fingerprint density at radius 3 is 2.90 bits per heavy atom. The van der Waals surface area contributed by atoms with E-state index in [0.29, 0.717) is 30.4 Å². The van der Waals surface area contributed by atoms with E-state index in [1.807, 2.05) is 0 Å². The molecule has 0 N–H and O–H groups in total. The van der Waals surface area contributed by atoms with Crippen molar-refractivity contribution in [3.05, 3.63) is 34.6 Å². The van der Waals surface area contributed by atoms with Crippen molar-refractivity contribution in [1.29, 1.82) is 0 Å². The SMILES string of the molecule is CCOC(=O)Cn1nnc(-c2cc(N3CCC(Oc4cc(F)ccc4Br)CC3)no2)n1. The molecule has 0 saturated carbocycles. The lowest BCUT2D eigenvalue weighted by molar-refractivity contribution is -0.144. The van der Waals surface area contributed by atoms with Crippen LogP contribution in [0.3, 0.4) is 0 Å². The highest BCUT2D eigenvalue weighted by Crippen LogP contribution is 2.30. The first-order valence-electron chi connectivity index (χ1n) is 9.79. The van der Waals surface area contributed by atoms with Gasteiger partial charge in [-0.05, 0) is 40.2 Å². The first-order chi connectivity index (χ1) is 15.0. The maximum absolute atomic E-state index is 13.5. The van der Waals surface area contributed by atoms with Gasteiger partial charge in [0.15, 0.2) is 12.4 Å². The molecule has 0 amide bonds. The Kier molecular flexibility index (Phi) is 6.44. The molecule has 31 heavy (non-hydrogen) atoms. The maximum atomic E-state index is 13.5. The molecule has 0 spiro atoms. The van der Waals surface area contributed by atoms with Crippen molar-refractivity contribution in [3.63, 3.8) is 0 Å². The van der Waals surface area contributed by atoms with Gasteiger partial charge in [-0.15, -0.1) is 10.2 Å². The molecule has 3 aromatic rings.